The minimum Gasteiger partial charge on any atom is -0.496 e. The third kappa shape index (κ3) is 4.27. The number of carbonyl (C=O) groups is 3. The molecule has 0 fully saturated rings. The molecule has 0 aliphatic carbocycles. The second-order valence-corrected chi connectivity index (χ2v) is 6.94. The molecule has 1 heterocycles. The zero-order valence-electron chi connectivity index (χ0n) is 15.9. The Hall–Kier alpha value is -3.26. The molecule has 3 N–H and O–H groups in total. The van der Waals surface area contributed by atoms with Crippen LogP contribution in [0.15, 0.2) is 36.4 Å². The number of hydrogen-bond acceptors (Lipinski definition) is 6. The van der Waals surface area contributed by atoms with E-state index < -0.39 is 24.5 Å². The van der Waals surface area contributed by atoms with Gasteiger partial charge in [0.2, 0.25) is 5.91 Å². The molecule has 0 spiro atoms. The number of nitrogens with zero attached hydrogens (tertiary/aromatic N) is 1. The first-order chi connectivity index (χ1) is 13.8. The van der Waals surface area contributed by atoms with Crippen molar-refractivity contribution in [2.75, 3.05) is 29.7 Å². The van der Waals surface area contributed by atoms with Crippen LogP contribution >= 0.6 is 11.6 Å². The molecule has 8 nitrogen and oxygen atoms in total. The Morgan fingerprint density at radius 2 is 2.03 bits per heavy atom. The monoisotopic (exact) mass is 417 g/mol. The Bertz CT molecular complexity index is 979. The number of halogens is 1. The van der Waals surface area contributed by atoms with Crippen molar-refractivity contribution in [2.24, 2.45) is 0 Å². The lowest BCUT2D eigenvalue weighted by Crippen LogP contribution is -2.41. The molecule has 0 unspecified atom stereocenters. The largest absolute Gasteiger partial charge is 0.496 e. The van der Waals surface area contributed by atoms with Crippen LogP contribution in [0, 0.1) is 0 Å². The van der Waals surface area contributed by atoms with Crippen molar-refractivity contribution in [1.82, 2.24) is 0 Å². The Morgan fingerprint density at radius 1 is 1.31 bits per heavy atom. The molecule has 0 aromatic heterocycles. The van der Waals surface area contributed by atoms with Gasteiger partial charge in [-0.15, -0.1) is 0 Å². The lowest BCUT2D eigenvalue weighted by atomic mass is 10.1. The highest BCUT2D eigenvalue weighted by Crippen LogP contribution is 2.32. The van der Waals surface area contributed by atoms with Crippen molar-refractivity contribution in [3.63, 3.8) is 0 Å². The first-order valence-electron chi connectivity index (χ1n) is 8.83. The number of nitrogens with two attached hydrogens (primary N) is 1. The molecule has 9 heteroatoms. The van der Waals surface area contributed by atoms with E-state index in [1.165, 1.54) is 24.1 Å². The van der Waals surface area contributed by atoms with Crippen molar-refractivity contribution in [1.29, 1.82) is 0 Å². The van der Waals surface area contributed by atoms with Crippen molar-refractivity contribution >= 4 is 46.4 Å². The smallest absolute Gasteiger partial charge is 0.342 e. The van der Waals surface area contributed by atoms with E-state index in [0.29, 0.717) is 11.4 Å². The summed E-state index contributed by atoms with van der Waals surface area (Å²) in [6.45, 7) is 1.24. The van der Waals surface area contributed by atoms with E-state index in [-0.39, 0.29) is 34.4 Å². The highest BCUT2D eigenvalue weighted by atomic mass is 35.5. The summed E-state index contributed by atoms with van der Waals surface area (Å²) in [5.74, 6) is -1.25. The average Bonchev–Trinajstić information content (AvgIpc) is 2.81. The van der Waals surface area contributed by atoms with Crippen LogP contribution in [0.1, 0.15) is 23.7 Å². The van der Waals surface area contributed by atoms with Crippen molar-refractivity contribution in [2.45, 2.75) is 19.4 Å². The van der Waals surface area contributed by atoms with Gasteiger partial charge in [-0.2, -0.15) is 0 Å². The molecular weight excluding hydrogens is 398 g/mol. The highest BCUT2D eigenvalue weighted by Gasteiger charge is 2.30. The molecule has 0 bridgehead atoms. The maximum atomic E-state index is 12.9. The van der Waals surface area contributed by atoms with E-state index in [1.807, 2.05) is 0 Å². The maximum absolute atomic E-state index is 12.9. The predicted molar refractivity (Wildman–Crippen MR) is 109 cm³/mol. The van der Waals surface area contributed by atoms with Gasteiger partial charge in [0.1, 0.15) is 11.3 Å². The molecule has 2 amide bonds. The molecule has 0 saturated carbocycles. The van der Waals surface area contributed by atoms with Gasteiger partial charge in [-0.1, -0.05) is 23.7 Å². The Morgan fingerprint density at radius 3 is 2.76 bits per heavy atom. The van der Waals surface area contributed by atoms with Gasteiger partial charge in [0.05, 0.1) is 29.2 Å². The molecule has 2 aromatic carbocycles. The number of rotatable bonds is 4. The van der Waals surface area contributed by atoms with Crippen LogP contribution in [-0.2, 0) is 14.3 Å². The molecule has 1 aliphatic heterocycles. The van der Waals surface area contributed by atoms with E-state index in [0.717, 1.165) is 0 Å². The van der Waals surface area contributed by atoms with E-state index in [9.17, 15) is 14.4 Å². The van der Waals surface area contributed by atoms with Crippen LogP contribution in [0.2, 0.25) is 5.02 Å². The lowest BCUT2D eigenvalue weighted by molar-refractivity contribution is -0.122. The summed E-state index contributed by atoms with van der Waals surface area (Å²) in [6.07, 6.45) is 0.121. The number of nitrogen functional groups attached to an aromatic ring is 1. The number of carbonyl (C=O) groups excluding carboxylic acids is 3. The van der Waals surface area contributed by atoms with Crippen molar-refractivity contribution < 1.29 is 23.9 Å². The third-order valence-corrected chi connectivity index (χ3v) is 4.82. The molecule has 3 rings (SSSR count). The lowest BCUT2D eigenvalue weighted by Gasteiger charge is -2.27. The van der Waals surface area contributed by atoms with Crippen LogP contribution in [0.4, 0.5) is 17.1 Å². The fraction of sp³-hybridized carbons (Fsp3) is 0.250. The molecule has 1 aliphatic rings. The van der Waals surface area contributed by atoms with Crippen LogP contribution in [0.25, 0.3) is 0 Å². The number of benzene rings is 2. The number of ether oxygens (including phenoxy) is 2. The summed E-state index contributed by atoms with van der Waals surface area (Å²) in [6, 6.07) is 9.27. The maximum Gasteiger partial charge on any atom is 0.342 e. The normalized spacial score (nSPS) is 15.8. The number of hydrogen-bond donors (Lipinski definition) is 2. The van der Waals surface area contributed by atoms with Crippen LogP contribution in [0.5, 0.6) is 5.75 Å². The molecule has 1 atom stereocenters. The number of fused-ring (bicyclic) bond motifs is 1. The summed E-state index contributed by atoms with van der Waals surface area (Å²) in [5, 5.41) is 2.94. The van der Waals surface area contributed by atoms with Gasteiger partial charge < -0.3 is 25.4 Å². The second kappa shape index (κ2) is 8.40. The number of nitrogens with one attached hydrogen (secondary N) is 1. The third-order valence-electron chi connectivity index (χ3n) is 4.49. The molecule has 0 radical (unpaired) electrons. The van der Waals surface area contributed by atoms with Crippen molar-refractivity contribution in [3.8, 4) is 5.75 Å². The summed E-state index contributed by atoms with van der Waals surface area (Å²) < 4.78 is 10.3. The van der Waals surface area contributed by atoms with Gasteiger partial charge in [0, 0.05) is 18.5 Å². The molecule has 2 aromatic rings. The molecule has 29 heavy (non-hydrogen) atoms. The number of para-hydroxylation sites is 2. The fourth-order valence-corrected chi connectivity index (χ4v) is 3.30. The molecule has 152 valence electrons. The first-order valence-corrected chi connectivity index (χ1v) is 9.20. The quantitative estimate of drug-likeness (QED) is 0.584. The minimum atomic E-state index is -0.776. The standard InChI is InChI=1S/C20H20ClN3O5/c1-11-7-18(25)23-15-5-3-4-6-16(15)24(11)19(26)10-29-20(27)12-8-13(21)14(22)9-17(12)28-2/h3-6,8-9,11H,7,10,22H2,1-2H3,(H,23,25)/t11-/m0/s1. The van der Waals surface area contributed by atoms with Gasteiger partial charge >= 0.3 is 5.97 Å². The Labute approximate surface area is 172 Å². The van der Waals surface area contributed by atoms with E-state index in [1.54, 1.807) is 31.2 Å². The Balaban J connectivity index is 1.79. The fourth-order valence-electron chi connectivity index (χ4n) is 3.14. The van der Waals surface area contributed by atoms with Gasteiger partial charge in [-0.05, 0) is 25.1 Å². The number of esters is 1. The van der Waals surface area contributed by atoms with Crippen LogP contribution < -0.4 is 20.7 Å². The van der Waals surface area contributed by atoms with Gasteiger partial charge in [0.25, 0.3) is 5.91 Å². The zero-order valence-corrected chi connectivity index (χ0v) is 16.7. The average molecular weight is 418 g/mol. The predicted octanol–water partition coefficient (Wildman–Crippen LogP) is 2.85. The van der Waals surface area contributed by atoms with Gasteiger partial charge in [0.15, 0.2) is 6.61 Å². The molecule has 0 saturated heterocycles. The summed E-state index contributed by atoms with van der Waals surface area (Å²) >= 11 is 5.98. The zero-order chi connectivity index (χ0) is 21.1. The second-order valence-electron chi connectivity index (χ2n) is 6.53. The van der Waals surface area contributed by atoms with Crippen LogP contribution in [-0.4, -0.2) is 37.5 Å². The van der Waals surface area contributed by atoms with Gasteiger partial charge in [-0.3, -0.25) is 9.59 Å². The number of amides is 2. The molecular formula is C20H20ClN3O5. The summed E-state index contributed by atoms with van der Waals surface area (Å²) in [7, 11) is 1.38. The number of anilines is 3. The van der Waals surface area contributed by atoms with Crippen LogP contribution in [0.3, 0.4) is 0 Å². The van der Waals surface area contributed by atoms with Crippen molar-refractivity contribution in [3.05, 3.63) is 47.0 Å². The first kappa shape index (κ1) is 20.5. The summed E-state index contributed by atoms with van der Waals surface area (Å²) in [4.78, 5) is 38.8. The van der Waals surface area contributed by atoms with E-state index in [2.05, 4.69) is 5.32 Å². The SMILES string of the molecule is COc1cc(N)c(Cl)cc1C(=O)OCC(=O)N1c2ccccc2NC(=O)C[C@@H]1C. The number of methoxy groups -OCH3 is 1. The highest BCUT2D eigenvalue weighted by molar-refractivity contribution is 6.33. The van der Waals surface area contributed by atoms with E-state index in [4.69, 9.17) is 26.8 Å². The Kier molecular flexibility index (Phi) is 5.93. The van der Waals surface area contributed by atoms with E-state index >= 15 is 0 Å². The summed E-state index contributed by atoms with van der Waals surface area (Å²) in [5.41, 5.74) is 7.09. The minimum absolute atomic E-state index is 0.0562. The van der Waals surface area contributed by atoms with Gasteiger partial charge in [-0.25, -0.2) is 4.79 Å². The topological polar surface area (TPSA) is 111 Å².